The first-order valence-corrected chi connectivity index (χ1v) is 9.37. The summed E-state index contributed by atoms with van der Waals surface area (Å²) in [6, 6.07) is 16.5. The highest BCUT2D eigenvalue weighted by molar-refractivity contribution is 5.85. The average molecular weight is 417 g/mol. The van der Waals surface area contributed by atoms with Crippen molar-refractivity contribution in [2.75, 3.05) is 13.7 Å². The first-order valence-electron chi connectivity index (χ1n) is 9.37. The van der Waals surface area contributed by atoms with Gasteiger partial charge in [-0.05, 0) is 23.8 Å². The Kier molecular flexibility index (Phi) is 7.09. The molecule has 1 aromatic heterocycles. The number of nitrogens with two attached hydrogens (primary N) is 1. The summed E-state index contributed by atoms with van der Waals surface area (Å²) in [7, 11) is 1.68. The third-order valence-corrected chi connectivity index (χ3v) is 4.92. The van der Waals surface area contributed by atoms with Crippen molar-refractivity contribution < 1.29 is 14.0 Å². The molecule has 4 rings (SSSR count). The molecule has 1 atom stereocenters. The van der Waals surface area contributed by atoms with Crippen LogP contribution in [0.15, 0.2) is 53.1 Å². The van der Waals surface area contributed by atoms with Gasteiger partial charge in [0.05, 0.1) is 26.8 Å². The van der Waals surface area contributed by atoms with Gasteiger partial charge in [0, 0.05) is 24.6 Å². The fourth-order valence-corrected chi connectivity index (χ4v) is 3.57. The second kappa shape index (κ2) is 9.73. The second-order valence-corrected chi connectivity index (χ2v) is 6.76. The van der Waals surface area contributed by atoms with Gasteiger partial charge in [-0.25, -0.2) is 0 Å². The summed E-state index contributed by atoms with van der Waals surface area (Å²) in [5.74, 6) is 2.79. The molecule has 0 radical (unpaired) electrons. The van der Waals surface area contributed by atoms with Gasteiger partial charge in [-0.3, -0.25) is 4.90 Å². The molecule has 2 N–H and O–H groups in total. The van der Waals surface area contributed by atoms with E-state index in [1.54, 1.807) is 7.11 Å². The number of hydrogen-bond acceptors (Lipinski definition) is 7. The van der Waals surface area contributed by atoms with Crippen molar-refractivity contribution in [3.63, 3.8) is 0 Å². The largest absolute Gasteiger partial charge is 0.497 e. The van der Waals surface area contributed by atoms with Crippen molar-refractivity contribution in [2.24, 2.45) is 5.73 Å². The molecular formula is C21H25ClN4O3. The van der Waals surface area contributed by atoms with Crippen LogP contribution in [0.2, 0.25) is 0 Å². The molecule has 3 aromatic rings. The number of halogens is 1. The number of benzene rings is 2. The minimum atomic E-state index is 0. The van der Waals surface area contributed by atoms with E-state index in [9.17, 15) is 0 Å². The van der Waals surface area contributed by atoms with Crippen molar-refractivity contribution in [2.45, 2.75) is 32.1 Å². The highest BCUT2D eigenvalue weighted by atomic mass is 35.5. The molecule has 154 valence electrons. The number of methoxy groups -OCH3 is 1. The van der Waals surface area contributed by atoms with Crippen molar-refractivity contribution >= 4 is 12.4 Å². The predicted molar refractivity (Wildman–Crippen MR) is 111 cm³/mol. The average Bonchev–Trinajstić information content (AvgIpc) is 3.21. The molecule has 0 saturated heterocycles. The van der Waals surface area contributed by atoms with Gasteiger partial charge >= 0.3 is 0 Å². The first kappa shape index (κ1) is 21.1. The summed E-state index contributed by atoms with van der Waals surface area (Å²) in [4.78, 5) is 6.74. The number of fused-ring (bicyclic) bond motifs is 1. The fraction of sp³-hybridized carbons (Fsp3) is 0.333. The molecule has 0 bridgehead atoms. The molecule has 8 heteroatoms. The molecule has 0 saturated carbocycles. The topological polar surface area (TPSA) is 86.6 Å². The van der Waals surface area contributed by atoms with E-state index in [-0.39, 0.29) is 25.0 Å². The van der Waals surface area contributed by atoms with Crippen molar-refractivity contribution in [1.82, 2.24) is 15.0 Å². The Morgan fingerprint density at radius 1 is 1.17 bits per heavy atom. The standard InChI is InChI=1S/C21H24N4O3.ClH/c1-26-16-7-8-19-17(11-16)18(9-10-27-19)25(13-15-5-3-2-4-6-15)14-20-23-21(12-22)28-24-20;/h2-8,11,18H,9-10,12-14,22H2,1H3;1H. The van der Waals surface area contributed by atoms with Crippen LogP contribution in [0.5, 0.6) is 11.5 Å². The lowest BCUT2D eigenvalue weighted by Crippen LogP contribution is -2.32. The first-order chi connectivity index (χ1) is 13.8. The number of ether oxygens (including phenoxy) is 2. The summed E-state index contributed by atoms with van der Waals surface area (Å²) >= 11 is 0. The third-order valence-electron chi connectivity index (χ3n) is 4.92. The minimum Gasteiger partial charge on any atom is -0.497 e. The van der Waals surface area contributed by atoms with Crippen LogP contribution in [-0.4, -0.2) is 28.8 Å². The summed E-state index contributed by atoms with van der Waals surface area (Å²) in [6.07, 6.45) is 0.870. The number of nitrogens with zero attached hydrogens (tertiary/aromatic N) is 3. The molecule has 0 amide bonds. The zero-order valence-electron chi connectivity index (χ0n) is 16.3. The summed E-state index contributed by atoms with van der Waals surface area (Å²) in [5, 5.41) is 4.09. The summed E-state index contributed by atoms with van der Waals surface area (Å²) < 4.78 is 16.5. The molecular weight excluding hydrogens is 392 g/mol. The highest BCUT2D eigenvalue weighted by Gasteiger charge is 2.29. The van der Waals surface area contributed by atoms with Gasteiger partial charge in [0.2, 0.25) is 5.89 Å². The zero-order chi connectivity index (χ0) is 19.3. The Bertz CT molecular complexity index is 919. The Balaban J connectivity index is 0.00000240. The molecule has 1 aliphatic heterocycles. The van der Waals surface area contributed by atoms with Crippen LogP contribution in [0.3, 0.4) is 0 Å². The zero-order valence-corrected chi connectivity index (χ0v) is 17.1. The maximum absolute atomic E-state index is 5.88. The SMILES string of the molecule is COc1ccc2c(c1)C(N(Cc1ccccc1)Cc1noc(CN)n1)CCO2.Cl. The van der Waals surface area contributed by atoms with E-state index in [0.717, 1.165) is 30.0 Å². The molecule has 1 unspecified atom stereocenters. The van der Waals surface area contributed by atoms with Gasteiger partial charge in [0.1, 0.15) is 11.5 Å². The Labute approximate surface area is 176 Å². The van der Waals surface area contributed by atoms with Crippen LogP contribution >= 0.6 is 12.4 Å². The van der Waals surface area contributed by atoms with E-state index in [0.29, 0.717) is 24.9 Å². The van der Waals surface area contributed by atoms with Gasteiger partial charge in [0.15, 0.2) is 5.82 Å². The van der Waals surface area contributed by atoms with Crippen molar-refractivity contribution in [3.05, 3.63) is 71.4 Å². The quantitative estimate of drug-likeness (QED) is 0.630. The number of hydrogen-bond donors (Lipinski definition) is 1. The number of aromatic nitrogens is 2. The van der Waals surface area contributed by atoms with Gasteiger partial charge in [-0.1, -0.05) is 35.5 Å². The highest BCUT2D eigenvalue weighted by Crippen LogP contribution is 2.39. The number of rotatable bonds is 7. The predicted octanol–water partition coefficient (Wildman–Crippen LogP) is 3.48. The molecule has 2 aromatic carbocycles. The molecule has 0 fully saturated rings. The maximum atomic E-state index is 5.88. The normalized spacial score (nSPS) is 15.3. The summed E-state index contributed by atoms with van der Waals surface area (Å²) in [5.41, 5.74) is 7.95. The third kappa shape index (κ3) is 4.87. The maximum Gasteiger partial charge on any atom is 0.240 e. The molecule has 1 aliphatic rings. The Hall–Kier alpha value is -2.61. The lowest BCUT2D eigenvalue weighted by atomic mass is 9.97. The van der Waals surface area contributed by atoms with Crippen LogP contribution < -0.4 is 15.2 Å². The van der Waals surface area contributed by atoms with Crippen LogP contribution in [0.4, 0.5) is 0 Å². The molecule has 7 nitrogen and oxygen atoms in total. The van der Waals surface area contributed by atoms with E-state index in [2.05, 4.69) is 45.4 Å². The van der Waals surface area contributed by atoms with Crippen LogP contribution in [0.25, 0.3) is 0 Å². The van der Waals surface area contributed by atoms with Crippen LogP contribution in [-0.2, 0) is 19.6 Å². The van der Waals surface area contributed by atoms with E-state index in [1.807, 2.05) is 18.2 Å². The van der Waals surface area contributed by atoms with E-state index in [4.69, 9.17) is 19.7 Å². The van der Waals surface area contributed by atoms with Gasteiger partial charge < -0.3 is 19.7 Å². The Morgan fingerprint density at radius 3 is 2.72 bits per heavy atom. The van der Waals surface area contributed by atoms with E-state index in [1.165, 1.54) is 5.56 Å². The summed E-state index contributed by atoms with van der Waals surface area (Å²) in [6.45, 7) is 2.22. The minimum absolute atomic E-state index is 0. The van der Waals surface area contributed by atoms with Crippen LogP contribution in [0.1, 0.15) is 35.3 Å². The van der Waals surface area contributed by atoms with E-state index < -0.39 is 0 Å². The molecule has 0 aliphatic carbocycles. The van der Waals surface area contributed by atoms with Gasteiger partial charge in [-0.2, -0.15) is 4.98 Å². The van der Waals surface area contributed by atoms with Crippen LogP contribution in [0, 0.1) is 0 Å². The van der Waals surface area contributed by atoms with Gasteiger partial charge in [0.25, 0.3) is 0 Å². The van der Waals surface area contributed by atoms with Crippen molar-refractivity contribution in [3.8, 4) is 11.5 Å². The second-order valence-electron chi connectivity index (χ2n) is 6.76. The molecule has 0 spiro atoms. The van der Waals surface area contributed by atoms with Gasteiger partial charge in [-0.15, -0.1) is 12.4 Å². The Morgan fingerprint density at radius 2 is 2.00 bits per heavy atom. The lowest BCUT2D eigenvalue weighted by Gasteiger charge is -2.35. The van der Waals surface area contributed by atoms with E-state index >= 15 is 0 Å². The fourth-order valence-electron chi connectivity index (χ4n) is 3.57. The molecule has 2 heterocycles. The smallest absolute Gasteiger partial charge is 0.240 e. The molecule has 29 heavy (non-hydrogen) atoms. The van der Waals surface area contributed by atoms with Crippen molar-refractivity contribution in [1.29, 1.82) is 0 Å². The monoisotopic (exact) mass is 416 g/mol. The lowest BCUT2D eigenvalue weighted by molar-refractivity contribution is 0.122.